The molecular formula is C22H33NO3S. The first-order valence-electron chi connectivity index (χ1n) is 10.3. The molecule has 1 aliphatic carbocycles. The Hall–Kier alpha value is -1.36. The molecule has 0 bridgehead atoms. The zero-order valence-corrected chi connectivity index (χ0v) is 18.2. The number of carbonyl (C=O) groups excluding carboxylic acids is 2. The summed E-state index contributed by atoms with van der Waals surface area (Å²) in [7, 11) is 0. The zero-order chi connectivity index (χ0) is 19.8. The van der Waals surface area contributed by atoms with E-state index < -0.39 is 5.60 Å². The molecule has 1 atom stereocenters. The molecule has 3 rings (SSSR count). The molecule has 1 amide bonds. The van der Waals surface area contributed by atoms with Crippen molar-refractivity contribution in [3.8, 4) is 0 Å². The molecule has 1 saturated heterocycles. The number of ketones is 1. The molecule has 5 heteroatoms. The molecule has 0 N–H and O–H groups in total. The molecule has 0 radical (unpaired) electrons. The van der Waals surface area contributed by atoms with Crippen molar-refractivity contribution in [3.63, 3.8) is 0 Å². The number of aryl methyl sites for hydroxylation is 1. The summed E-state index contributed by atoms with van der Waals surface area (Å²) < 4.78 is 5.52. The maximum atomic E-state index is 12.4. The topological polar surface area (TPSA) is 46.6 Å². The van der Waals surface area contributed by atoms with Crippen molar-refractivity contribution in [2.24, 2.45) is 5.92 Å². The number of ether oxygens (including phenoxy) is 1. The van der Waals surface area contributed by atoms with Gasteiger partial charge in [-0.2, -0.15) is 0 Å². The number of fused-ring (bicyclic) bond motifs is 1. The van der Waals surface area contributed by atoms with Crippen molar-refractivity contribution >= 4 is 23.2 Å². The van der Waals surface area contributed by atoms with E-state index in [0.717, 1.165) is 50.8 Å². The van der Waals surface area contributed by atoms with Gasteiger partial charge in [0.25, 0.3) is 0 Å². The summed E-state index contributed by atoms with van der Waals surface area (Å²) in [6, 6.07) is 0. The second kappa shape index (κ2) is 7.94. The highest BCUT2D eigenvalue weighted by Gasteiger charge is 2.34. The molecular weight excluding hydrogens is 358 g/mol. The number of thiophene rings is 1. The highest BCUT2D eigenvalue weighted by molar-refractivity contribution is 7.12. The van der Waals surface area contributed by atoms with Gasteiger partial charge in [0.05, 0.1) is 0 Å². The van der Waals surface area contributed by atoms with E-state index in [4.69, 9.17) is 4.74 Å². The Balaban J connectivity index is 1.70. The Kier molecular flexibility index (Phi) is 5.99. The number of amides is 1. The summed E-state index contributed by atoms with van der Waals surface area (Å²) in [6.45, 7) is 11.7. The second-order valence-electron chi connectivity index (χ2n) is 8.99. The third kappa shape index (κ3) is 4.39. The predicted octanol–water partition coefficient (Wildman–Crippen LogP) is 5.72. The number of likely N-dealkylation sites (tertiary alicyclic amines) is 1. The Bertz CT molecular complexity index is 708. The number of nitrogens with zero attached hydrogens (tertiary/aromatic N) is 1. The van der Waals surface area contributed by atoms with Crippen molar-refractivity contribution in [1.82, 2.24) is 4.90 Å². The van der Waals surface area contributed by atoms with E-state index in [2.05, 4.69) is 13.8 Å². The van der Waals surface area contributed by atoms with Crippen LogP contribution in [0, 0.1) is 12.8 Å². The van der Waals surface area contributed by atoms with Gasteiger partial charge in [0, 0.05) is 34.8 Å². The molecule has 27 heavy (non-hydrogen) atoms. The lowest BCUT2D eigenvalue weighted by atomic mass is 9.80. The van der Waals surface area contributed by atoms with Gasteiger partial charge in [0.1, 0.15) is 5.60 Å². The Morgan fingerprint density at radius 1 is 1.26 bits per heavy atom. The van der Waals surface area contributed by atoms with E-state index in [1.54, 1.807) is 0 Å². The van der Waals surface area contributed by atoms with Crippen LogP contribution in [-0.2, 0) is 11.2 Å². The van der Waals surface area contributed by atoms with Crippen molar-refractivity contribution in [3.05, 3.63) is 20.9 Å². The smallest absolute Gasteiger partial charge is 0.410 e. The molecule has 1 fully saturated rings. The number of Topliss-reactive ketones (excluding diaryl/α,β-unsaturated/α-hetero) is 1. The lowest BCUT2D eigenvalue weighted by molar-refractivity contribution is 0.0173. The van der Waals surface area contributed by atoms with Gasteiger partial charge in [-0.15, -0.1) is 11.3 Å². The third-order valence-electron chi connectivity index (χ3n) is 5.88. The third-order valence-corrected chi connectivity index (χ3v) is 7.36. The van der Waals surface area contributed by atoms with Crippen LogP contribution in [0.2, 0.25) is 0 Å². The second-order valence-corrected chi connectivity index (χ2v) is 10.1. The first-order valence-corrected chi connectivity index (χ1v) is 11.2. The summed E-state index contributed by atoms with van der Waals surface area (Å²) in [5.41, 5.74) is 1.83. The van der Waals surface area contributed by atoms with Gasteiger partial charge in [-0.05, 0) is 77.2 Å². The number of hydrogen-bond donors (Lipinski definition) is 0. The van der Waals surface area contributed by atoms with Crippen molar-refractivity contribution in [1.29, 1.82) is 0 Å². The van der Waals surface area contributed by atoms with Crippen LogP contribution in [-0.4, -0.2) is 35.5 Å². The molecule has 0 saturated carbocycles. The Morgan fingerprint density at radius 2 is 1.93 bits per heavy atom. The summed E-state index contributed by atoms with van der Waals surface area (Å²) in [4.78, 5) is 29.3. The molecule has 1 aromatic rings. The SMILES string of the molecule is CCC(c1sc2c(c1C)C(=O)CCC2)C1CCN(C(=O)OC(C)(C)C)CC1. The van der Waals surface area contributed by atoms with Crippen LogP contribution >= 0.6 is 11.3 Å². The summed E-state index contributed by atoms with van der Waals surface area (Å²) in [5.74, 6) is 1.41. The maximum absolute atomic E-state index is 12.4. The fourth-order valence-electron chi connectivity index (χ4n) is 4.57. The van der Waals surface area contributed by atoms with E-state index in [-0.39, 0.29) is 6.09 Å². The number of hydrogen-bond acceptors (Lipinski definition) is 4. The number of rotatable bonds is 3. The van der Waals surface area contributed by atoms with Gasteiger partial charge in [-0.3, -0.25) is 4.79 Å². The zero-order valence-electron chi connectivity index (χ0n) is 17.4. The Labute approximate surface area is 167 Å². The minimum absolute atomic E-state index is 0.192. The molecule has 2 aliphatic rings. The molecule has 1 unspecified atom stereocenters. The van der Waals surface area contributed by atoms with Gasteiger partial charge in [0.15, 0.2) is 5.78 Å². The quantitative estimate of drug-likeness (QED) is 0.662. The monoisotopic (exact) mass is 391 g/mol. The van der Waals surface area contributed by atoms with Crippen LogP contribution in [0.1, 0.15) is 91.4 Å². The lowest BCUT2D eigenvalue weighted by Gasteiger charge is -2.36. The van der Waals surface area contributed by atoms with Crippen molar-refractivity contribution in [2.45, 2.75) is 84.7 Å². The summed E-state index contributed by atoms with van der Waals surface area (Å²) in [5, 5.41) is 0. The molecule has 0 aromatic carbocycles. The maximum Gasteiger partial charge on any atom is 0.410 e. The van der Waals surface area contributed by atoms with E-state index in [0.29, 0.717) is 24.0 Å². The minimum Gasteiger partial charge on any atom is -0.444 e. The highest BCUT2D eigenvalue weighted by Crippen LogP contribution is 2.44. The fourth-order valence-corrected chi connectivity index (χ4v) is 6.21. The van der Waals surface area contributed by atoms with Crippen LogP contribution in [0.5, 0.6) is 0 Å². The van der Waals surface area contributed by atoms with Crippen molar-refractivity contribution in [2.75, 3.05) is 13.1 Å². The van der Waals surface area contributed by atoms with Crippen LogP contribution < -0.4 is 0 Å². The molecule has 0 spiro atoms. The molecule has 4 nitrogen and oxygen atoms in total. The van der Waals surface area contributed by atoms with E-state index in [9.17, 15) is 9.59 Å². The van der Waals surface area contributed by atoms with Gasteiger partial charge in [-0.1, -0.05) is 6.92 Å². The first kappa shape index (κ1) is 20.4. The summed E-state index contributed by atoms with van der Waals surface area (Å²) >= 11 is 1.88. The van der Waals surface area contributed by atoms with E-state index >= 15 is 0 Å². The van der Waals surface area contributed by atoms with Gasteiger partial charge in [-0.25, -0.2) is 4.79 Å². The van der Waals surface area contributed by atoms with Gasteiger partial charge >= 0.3 is 6.09 Å². The van der Waals surface area contributed by atoms with Crippen molar-refractivity contribution < 1.29 is 14.3 Å². The fraction of sp³-hybridized carbons (Fsp3) is 0.727. The highest BCUT2D eigenvalue weighted by atomic mass is 32.1. The van der Waals surface area contributed by atoms with Crippen LogP contribution in [0.3, 0.4) is 0 Å². The van der Waals surface area contributed by atoms with Gasteiger partial charge < -0.3 is 9.64 Å². The number of carbonyl (C=O) groups is 2. The lowest BCUT2D eigenvalue weighted by Crippen LogP contribution is -2.42. The predicted molar refractivity (Wildman–Crippen MR) is 110 cm³/mol. The van der Waals surface area contributed by atoms with Crippen LogP contribution in [0.15, 0.2) is 0 Å². The van der Waals surface area contributed by atoms with Crippen LogP contribution in [0.25, 0.3) is 0 Å². The average molecular weight is 392 g/mol. The van der Waals surface area contributed by atoms with E-state index in [1.807, 2.05) is 37.0 Å². The van der Waals surface area contributed by atoms with Gasteiger partial charge in [0.2, 0.25) is 0 Å². The van der Waals surface area contributed by atoms with E-state index in [1.165, 1.54) is 15.3 Å². The van der Waals surface area contributed by atoms with Crippen LogP contribution in [0.4, 0.5) is 4.79 Å². The molecule has 2 heterocycles. The standard InChI is InChI=1S/C22H33NO3S/c1-6-16(20-14(2)19-17(24)8-7-9-18(19)27-20)15-10-12-23(13-11-15)21(25)26-22(3,4)5/h15-16H,6-13H2,1-5H3. The normalized spacial score (nSPS) is 19.7. The first-order chi connectivity index (χ1) is 12.7. The Morgan fingerprint density at radius 3 is 2.48 bits per heavy atom. The molecule has 1 aliphatic heterocycles. The average Bonchev–Trinajstić information content (AvgIpc) is 2.93. The molecule has 1 aromatic heterocycles. The summed E-state index contributed by atoms with van der Waals surface area (Å²) in [6.07, 6.45) is 5.67. The number of piperidine rings is 1. The minimum atomic E-state index is -0.445. The molecule has 150 valence electrons. The largest absolute Gasteiger partial charge is 0.444 e.